The Morgan fingerprint density at radius 1 is 1.08 bits per heavy atom. The first-order chi connectivity index (χ1) is 11.6. The topological polar surface area (TPSA) is 85.4 Å². The maximum atomic E-state index is 11.9. The van der Waals surface area contributed by atoms with Gasteiger partial charge in [-0.15, -0.1) is 10.2 Å². The molecular formula is C17H22N4O3. The van der Waals surface area contributed by atoms with Crippen molar-refractivity contribution in [1.29, 1.82) is 0 Å². The standard InChI is InChI=1S/C17H22N4O3/c1-12(2)10-18-15-8-9-16(21-20-15)19-17(22)11-24-14-7-5-4-6-13(14)23-3/h4-9,12H,10-11H2,1-3H3,(H,18,20)(H,19,21,22). The summed E-state index contributed by atoms with van der Waals surface area (Å²) in [5.74, 6) is 2.32. The van der Waals surface area contributed by atoms with Crippen molar-refractivity contribution in [1.82, 2.24) is 10.2 Å². The molecule has 1 aromatic carbocycles. The molecule has 0 radical (unpaired) electrons. The Morgan fingerprint density at radius 2 is 1.75 bits per heavy atom. The van der Waals surface area contributed by atoms with Crippen LogP contribution in [0.15, 0.2) is 36.4 Å². The molecule has 1 amide bonds. The van der Waals surface area contributed by atoms with E-state index in [1.54, 1.807) is 31.4 Å². The van der Waals surface area contributed by atoms with Crippen LogP contribution in [0.25, 0.3) is 0 Å². The number of para-hydroxylation sites is 2. The second-order valence-corrected chi connectivity index (χ2v) is 5.57. The van der Waals surface area contributed by atoms with Gasteiger partial charge in [0.1, 0.15) is 5.82 Å². The minimum Gasteiger partial charge on any atom is -0.493 e. The van der Waals surface area contributed by atoms with Gasteiger partial charge in [-0.3, -0.25) is 4.79 Å². The van der Waals surface area contributed by atoms with Crippen molar-refractivity contribution >= 4 is 17.5 Å². The number of ether oxygens (including phenoxy) is 2. The minimum absolute atomic E-state index is 0.143. The fraction of sp³-hybridized carbons (Fsp3) is 0.353. The van der Waals surface area contributed by atoms with E-state index < -0.39 is 0 Å². The van der Waals surface area contributed by atoms with Crippen molar-refractivity contribution in [2.75, 3.05) is 30.9 Å². The number of hydrogen-bond acceptors (Lipinski definition) is 6. The van der Waals surface area contributed by atoms with Crippen molar-refractivity contribution in [2.45, 2.75) is 13.8 Å². The van der Waals surface area contributed by atoms with Gasteiger partial charge in [0.2, 0.25) is 0 Å². The fourth-order valence-corrected chi connectivity index (χ4v) is 1.86. The SMILES string of the molecule is COc1ccccc1OCC(=O)Nc1ccc(NCC(C)C)nn1. The lowest BCUT2D eigenvalue weighted by molar-refractivity contribution is -0.118. The smallest absolute Gasteiger partial charge is 0.263 e. The molecular weight excluding hydrogens is 308 g/mol. The molecule has 0 atom stereocenters. The molecule has 1 aromatic heterocycles. The molecule has 0 bridgehead atoms. The molecule has 2 aromatic rings. The summed E-state index contributed by atoms with van der Waals surface area (Å²) in [5, 5.41) is 13.8. The van der Waals surface area contributed by atoms with Crippen molar-refractivity contribution in [3.8, 4) is 11.5 Å². The molecule has 0 spiro atoms. The Balaban J connectivity index is 1.83. The van der Waals surface area contributed by atoms with E-state index in [4.69, 9.17) is 9.47 Å². The first-order valence-electron chi connectivity index (χ1n) is 7.71. The predicted molar refractivity (Wildman–Crippen MR) is 92.5 cm³/mol. The molecule has 0 unspecified atom stereocenters. The third-order valence-electron chi connectivity index (χ3n) is 3.05. The van der Waals surface area contributed by atoms with Crippen LogP contribution in [0.3, 0.4) is 0 Å². The zero-order valence-electron chi connectivity index (χ0n) is 14.1. The average molecular weight is 330 g/mol. The molecule has 128 valence electrons. The molecule has 7 nitrogen and oxygen atoms in total. The minimum atomic E-state index is -0.321. The van der Waals surface area contributed by atoms with E-state index in [1.807, 2.05) is 12.1 Å². The third kappa shape index (κ3) is 5.42. The van der Waals surface area contributed by atoms with Crippen LogP contribution in [0.5, 0.6) is 11.5 Å². The van der Waals surface area contributed by atoms with E-state index in [-0.39, 0.29) is 12.5 Å². The zero-order chi connectivity index (χ0) is 17.4. The van der Waals surface area contributed by atoms with Crippen LogP contribution < -0.4 is 20.1 Å². The Labute approximate surface area is 141 Å². The van der Waals surface area contributed by atoms with Gasteiger partial charge in [0, 0.05) is 6.54 Å². The largest absolute Gasteiger partial charge is 0.493 e. The highest BCUT2D eigenvalue weighted by Crippen LogP contribution is 2.25. The van der Waals surface area contributed by atoms with Gasteiger partial charge >= 0.3 is 0 Å². The van der Waals surface area contributed by atoms with Crippen molar-refractivity contribution in [3.05, 3.63) is 36.4 Å². The molecule has 2 rings (SSSR count). The number of nitrogens with one attached hydrogen (secondary N) is 2. The van der Waals surface area contributed by atoms with Crippen LogP contribution in [0, 0.1) is 5.92 Å². The fourth-order valence-electron chi connectivity index (χ4n) is 1.86. The van der Waals surface area contributed by atoms with Crippen LogP contribution in [-0.4, -0.2) is 36.4 Å². The van der Waals surface area contributed by atoms with Crippen LogP contribution >= 0.6 is 0 Å². The summed E-state index contributed by atoms with van der Waals surface area (Å²) in [4.78, 5) is 11.9. The lowest BCUT2D eigenvalue weighted by Crippen LogP contribution is -2.21. The number of nitrogens with zero attached hydrogens (tertiary/aromatic N) is 2. The number of carbonyl (C=O) groups excluding carboxylic acids is 1. The molecule has 0 aliphatic rings. The summed E-state index contributed by atoms with van der Waals surface area (Å²) in [6.45, 7) is 4.88. The first-order valence-corrected chi connectivity index (χ1v) is 7.71. The second-order valence-electron chi connectivity index (χ2n) is 5.57. The molecule has 2 N–H and O–H groups in total. The maximum Gasteiger partial charge on any atom is 0.263 e. The number of aromatic nitrogens is 2. The number of carbonyl (C=O) groups is 1. The summed E-state index contributed by atoms with van der Waals surface area (Å²) < 4.78 is 10.6. The number of methoxy groups -OCH3 is 1. The molecule has 0 fully saturated rings. The van der Waals surface area contributed by atoms with Gasteiger partial charge in [0.05, 0.1) is 7.11 Å². The highest BCUT2D eigenvalue weighted by molar-refractivity contribution is 5.90. The quantitative estimate of drug-likeness (QED) is 0.774. The number of anilines is 2. The van der Waals surface area contributed by atoms with Crippen LogP contribution in [0.4, 0.5) is 11.6 Å². The van der Waals surface area contributed by atoms with E-state index >= 15 is 0 Å². The van der Waals surface area contributed by atoms with E-state index in [0.717, 1.165) is 6.54 Å². The molecule has 7 heteroatoms. The Kier molecular flexibility index (Phi) is 6.36. The zero-order valence-corrected chi connectivity index (χ0v) is 14.1. The second kappa shape index (κ2) is 8.71. The van der Waals surface area contributed by atoms with Gasteiger partial charge in [-0.25, -0.2) is 0 Å². The average Bonchev–Trinajstić information content (AvgIpc) is 2.59. The predicted octanol–water partition coefficient (Wildman–Crippen LogP) is 2.57. The lowest BCUT2D eigenvalue weighted by atomic mass is 10.2. The van der Waals surface area contributed by atoms with Crippen LogP contribution in [0.2, 0.25) is 0 Å². The monoisotopic (exact) mass is 330 g/mol. The van der Waals surface area contributed by atoms with Crippen LogP contribution in [-0.2, 0) is 4.79 Å². The van der Waals surface area contributed by atoms with Gasteiger partial charge in [0.25, 0.3) is 5.91 Å². The van der Waals surface area contributed by atoms with Gasteiger partial charge in [0.15, 0.2) is 23.9 Å². The number of amides is 1. The molecule has 0 aliphatic carbocycles. The first kappa shape index (κ1) is 17.5. The van der Waals surface area contributed by atoms with E-state index in [1.165, 1.54) is 0 Å². The highest BCUT2D eigenvalue weighted by Gasteiger charge is 2.08. The molecule has 0 saturated carbocycles. The normalized spacial score (nSPS) is 10.3. The van der Waals surface area contributed by atoms with E-state index in [2.05, 4.69) is 34.7 Å². The summed E-state index contributed by atoms with van der Waals surface area (Å²) >= 11 is 0. The van der Waals surface area contributed by atoms with Gasteiger partial charge in [-0.1, -0.05) is 26.0 Å². The molecule has 0 saturated heterocycles. The van der Waals surface area contributed by atoms with Crippen molar-refractivity contribution in [2.24, 2.45) is 5.92 Å². The molecule has 0 aliphatic heterocycles. The summed E-state index contributed by atoms with van der Waals surface area (Å²) in [6.07, 6.45) is 0. The highest BCUT2D eigenvalue weighted by atomic mass is 16.5. The third-order valence-corrected chi connectivity index (χ3v) is 3.05. The Bertz CT molecular complexity index is 659. The lowest BCUT2D eigenvalue weighted by Gasteiger charge is -2.10. The Morgan fingerprint density at radius 3 is 2.38 bits per heavy atom. The summed E-state index contributed by atoms with van der Waals surface area (Å²) in [7, 11) is 1.55. The van der Waals surface area contributed by atoms with Gasteiger partial charge < -0.3 is 20.1 Å². The summed E-state index contributed by atoms with van der Waals surface area (Å²) in [5.41, 5.74) is 0. The van der Waals surface area contributed by atoms with Crippen molar-refractivity contribution in [3.63, 3.8) is 0 Å². The van der Waals surface area contributed by atoms with Gasteiger partial charge in [-0.05, 0) is 30.2 Å². The van der Waals surface area contributed by atoms with Crippen LogP contribution in [0.1, 0.15) is 13.8 Å². The van der Waals surface area contributed by atoms with E-state index in [9.17, 15) is 4.79 Å². The van der Waals surface area contributed by atoms with Gasteiger partial charge in [-0.2, -0.15) is 0 Å². The van der Waals surface area contributed by atoms with Crippen molar-refractivity contribution < 1.29 is 14.3 Å². The summed E-state index contributed by atoms with van der Waals surface area (Å²) in [6, 6.07) is 10.6. The molecule has 24 heavy (non-hydrogen) atoms. The number of rotatable bonds is 8. The number of benzene rings is 1. The Hall–Kier alpha value is -2.83. The molecule has 1 heterocycles. The maximum absolute atomic E-state index is 11.9. The number of hydrogen-bond donors (Lipinski definition) is 2. The van der Waals surface area contributed by atoms with E-state index in [0.29, 0.717) is 29.1 Å².